The third kappa shape index (κ3) is 3.75. The molecule has 1 heterocycles. The Bertz CT molecular complexity index is 937. The van der Waals surface area contributed by atoms with Crippen LogP contribution in [-0.4, -0.2) is 34.8 Å². The summed E-state index contributed by atoms with van der Waals surface area (Å²) in [5.74, 6) is -0.232. The first kappa shape index (κ1) is 27.8. The molecule has 0 spiro atoms. The molecule has 0 bridgehead atoms. The maximum absolute atomic E-state index is 12.9. The van der Waals surface area contributed by atoms with Gasteiger partial charge in [0.15, 0.2) is 0 Å². The molecule has 1 aliphatic rings. The lowest BCUT2D eigenvalue weighted by Gasteiger charge is -2.59. The predicted octanol–water partition coefficient (Wildman–Crippen LogP) is 7.51. The molecule has 0 aliphatic carbocycles. The predicted molar refractivity (Wildman–Crippen MR) is 144 cm³/mol. The lowest BCUT2D eigenvalue weighted by Crippen LogP contribution is -2.64. The Morgan fingerprint density at radius 3 is 1.45 bits per heavy atom. The highest BCUT2D eigenvalue weighted by molar-refractivity contribution is 8.02. The maximum atomic E-state index is 12.9. The molecule has 33 heavy (non-hydrogen) atoms. The molecule has 0 amide bonds. The molecule has 0 fully saturated rings. The van der Waals surface area contributed by atoms with Crippen LogP contribution in [0.25, 0.3) is 0 Å². The molecule has 0 unspecified atom stereocenters. The number of fused-ring (bicyclic) bond motifs is 1. The van der Waals surface area contributed by atoms with Gasteiger partial charge in [0.25, 0.3) is 0 Å². The minimum atomic E-state index is -0.288. The first-order valence-electron chi connectivity index (χ1n) is 12.2. The van der Waals surface area contributed by atoms with E-state index in [1.54, 1.807) is 11.8 Å². The minimum Gasteiger partial charge on any atom is -0.463 e. The Morgan fingerprint density at radius 2 is 1.15 bits per heavy atom. The fourth-order valence-corrected chi connectivity index (χ4v) is 7.02. The SMILES string of the molecule is CCOC(=O)C(C)=C(SC)N1C(C)(C)C(C)(C)c2c(C)c(C)c(C)c(C)c2C(C)(C)C1(C)C. The zero-order valence-electron chi connectivity index (χ0n) is 23.9. The molecule has 4 heteroatoms. The zero-order valence-corrected chi connectivity index (χ0v) is 24.7. The summed E-state index contributed by atoms with van der Waals surface area (Å²) in [6, 6.07) is 0. The lowest BCUT2D eigenvalue weighted by atomic mass is 9.62. The Morgan fingerprint density at radius 1 is 0.788 bits per heavy atom. The first-order valence-corrected chi connectivity index (χ1v) is 13.4. The molecule has 0 aromatic heterocycles. The number of hydrogen-bond acceptors (Lipinski definition) is 4. The summed E-state index contributed by atoms with van der Waals surface area (Å²) < 4.78 is 5.44. The van der Waals surface area contributed by atoms with Gasteiger partial charge in [0.1, 0.15) is 0 Å². The molecule has 0 saturated heterocycles. The number of benzene rings is 1. The lowest BCUT2D eigenvalue weighted by molar-refractivity contribution is -0.138. The average molecular weight is 474 g/mol. The standard InChI is InChI=1S/C29H47NO2S/c1-16-32-25(31)21(6)24(33-15)30-28(11,12)26(7,8)22-19(4)17(2)18(3)20(5)23(22)27(9,10)29(30,13)14/h16H2,1-15H3. The van der Waals surface area contributed by atoms with Crippen molar-refractivity contribution in [3.63, 3.8) is 0 Å². The second kappa shape index (κ2) is 8.66. The summed E-state index contributed by atoms with van der Waals surface area (Å²) in [5, 5.41) is 1.00. The highest BCUT2D eigenvalue weighted by Gasteiger charge is 2.59. The highest BCUT2D eigenvalue weighted by Crippen LogP contribution is 2.58. The van der Waals surface area contributed by atoms with Crippen molar-refractivity contribution in [2.75, 3.05) is 12.9 Å². The van der Waals surface area contributed by atoms with Gasteiger partial charge < -0.3 is 9.64 Å². The van der Waals surface area contributed by atoms with E-state index in [2.05, 4.69) is 94.2 Å². The van der Waals surface area contributed by atoms with E-state index >= 15 is 0 Å². The first-order chi connectivity index (χ1) is 14.8. The van der Waals surface area contributed by atoms with E-state index < -0.39 is 0 Å². The fourth-order valence-electron chi connectivity index (χ4n) is 5.99. The fraction of sp³-hybridized carbons (Fsp3) is 0.690. The van der Waals surface area contributed by atoms with Crippen molar-refractivity contribution >= 4 is 17.7 Å². The smallest absolute Gasteiger partial charge is 0.336 e. The van der Waals surface area contributed by atoms with Crippen molar-refractivity contribution in [3.05, 3.63) is 44.0 Å². The summed E-state index contributed by atoms with van der Waals surface area (Å²) in [6.07, 6.45) is 2.08. The van der Waals surface area contributed by atoms with E-state index in [1.807, 2.05) is 13.8 Å². The molecule has 1 aliphatic heterocycles. The van der Waals surface area contributed by atoms with Crippen LogP contribution in [0, 0.1) is 27.7 Å². The quantitative estimate of drug-likeness (QED) is 0.334. The number of esters is 1. The summed E-state index contributed by atoms with van der Waals surface area (Å²) in [4.78, 5) is 15.5. The van der Waals surface area contributed by atoms with Crippen molar-refractivity contribution in [1.82, 2.24) is 4.90 Å². The Balaban J connectivity index is 3.13. The van der Waals surface area contributed by atoms with Gasteiger partial charge in [-0.2, -0.15) is 0 Å². The van der Waals surface area contributed by atoms with Crippen LogP contribution < -0.4 is 0 Å². The highest BCUT2D eigenvalue weighted by atomic mass is 32.2. The molecule has 1 aromatic rings. The van der Waals surface area contributed by atoms with Crippen LogP contribution in [0.3, 0.4) is 0 Å². The molecule has 0 N–H and O–H groups in total. The summed E-state index contributed by atoms with van der Waals surface area (Å²) in [7, 11) is 0. The number of carbonyl (C=O) groups is 1. The van der Waals surface area contributed by atoms with Crippen LogP contribution in [0.5, 0.6) is 0 Å². The van der Waals surface area contributed by atoms with Gasteiger partial charge in [0, 0.05) is 21.9 Å². The van der Waals surface area contributed by atoms with Crippen molar-refractivity contribution in [1.29, 1.82) is 0 Å². The van der Waals surface area contributed by atoms with Gasteiger partial charge >= 0.3 is 5.97 Å². The van der Waals surface area contributed by atoms with Gasteiger partial charge in [-0.25, -0.2) is 4.79 Å². The monoisotopic (exact) mass is 473 g/mol. The molecule has 186 valence electrons. The average Bonchev–Trinajstić information content (AvgIpc) is 2.72. The van der Waals surface area contributed by atoms with Crippen molar-refractivity contribution < 1.29 is 9.53 Å². The maximum Gasteiger partial charge on any atom is 0.336 e. The van der Waals surface area contributed by atoms with Crippen LogP contribution in [-0.2, 0) is 20.4 Å². The second-order valence-electron chi connectivity index (χ2n) is 11.8. The van der Waals surface area contributed by atoms with Crippen molar-refractivity contribution in [3.8, 4) is 0 Å². The molecule has 3 nitrogen and oxygen atoms in total. The molecule has 0 saturated carbocycles. The number of rotatable bonds is 4. The molecule has 1 aromatic carbocycles. The number of thioether (sulfide) groups is 1. The van der Waals surface area contributed by atoms with Crippen molar-refractivity contribution in [2.24, 2.45) is 0 Å². The Kier molecular flexibility index (Phi) is 7.30. The van der Waals surface area contributed by atoms with E-state index in [9.17, 15) is 4.79 Å². The van der Waals surface area contributed by atoms with E-state index in [0.717, 1.165) is 5.03 Å². The zero-order chi connectivity index (χ0) is 25.9. The van der Waals surface area contributed by atoms with Crippen molar-refractivity contribution in [2.45, 2.75) is 119 Å². The molecular weight excluding hydrogens is 426 g/mol. The van der Waals surface area contributed by atoms with Crippen LogP contribution in [0.15, 0.2) is 10.6 Å². The number of hydrogen-bond donors (Lipinski definition) is 0. The number of carbonyl (C=O) groups excluding carboxylic acids is 1. The van der Waals surface area contributed by atoms with E-state index in [4.69, 9.17) is 4.74 Å². The van der Waals surface area contributed by atoms with E-state index in [0.29, 0.717) is 12.2 Å². The van der Waals surface area contributed by atoms with Gasteiger partial charge in [-0.3, -0.25) is 0 Å². The van der Waals surface area contributed by atoms with E-state index in [-0.39, 0.29) is 27.9 Å². The molecule has 0 radical (unpaired) electrons. The van der Waals surface area contributed by atoms with Crippen LogP contribution in [0.1, 0.15) is 103 Å². The van der Waals surface area contributed by atoms with Crippen LogP contribution >= 0.6 is 11.8 Å². The van der Waals surface area contributed by atoms with Gasteiger partial charge in [0.2, 0.25) is 0 Å². The third-order valence-electron chi connectivity index (χ3n) is 9.41. The normalized spacial score (nSPS) is 21.1. The molecular formula is C29H47NO2S. The van der Waals surface area contributed by atoms with Gasteiger partial charge in [-0.1, -0.05) is 27.7 Å². The largest absolute Gasteiger partial charge is 0.463 e. The summed E-state index contributed by atoms with van der Waals surface area (Å²) in [5.41, 5.74) is 8.24. The topological polar surface area (TPSA) is 29.5 Å². The summed E-state index contributed by atoms with van der Waals surface area (Å²) in [6.45, 7) is 32.2. The number of nitrogens with zero attached hydrogens (tertiary/aromatic N) is 1. The van der Waals surface area contributed by atoms with Gasteiger partial charge in [-0.05, 0) is 109 Å². The van der Waals surface area contributed by atoms with Crippen LogP contribution in [0.4, 0.5) is 0 Å². The third-order valence-corrected chi connectivity index (χ3v) is 10.3. The van der Waals surface area contributed by atoms with Crippen LogP contribution in [0.2, 0.25) is 0 Å². The molecule has 0 atom stereocenters. The Hall–Kier alpha value is -1.42. The van der Waals surface area contributed by atoms with Gasteiger partial charge in [0.05, 0.1) is 17.2 Å². The second-order valence-corrected chi connectivity index (χ2v) is 12.6. The summed E-state index contributed by atoms with van der Waals surface area (Å²) >= 11 is 1.65. The minimum absolute atomic E-state index is 0.184. The van der Waals surface area contributed by atoms with Gasteiger partial charge in [-0.15, -0.1) is 11.8 Å². The Labute approximate surface area is 207 Å². The molecule has 2 rings (SSSR count). The number of ether oxygens (including phenoxy) is 1. The van der Waals surface area contributed by atoms with E-state index in [1.165, 1.54) is 33.4 Å².